The van der Waals surface area contributed by atoms with E-state index in [0.29, 0.717) is 18.9 Å². The first-order valence-corrected chi connectivity index (χ1v) is 8.64. The second-order valence-electron chi connectivity index (χ2n) is 6.47. The summed E-state index contributed by atoms with van der Waals surface area (Å²) in [5.41, 5.74) is 2.71. The minimum Gasteiger partial charge on any atom is -0.376 e. The Kier molecular flexibility index (Phi) is 7.71. The average Bonchev–Trinajstić information content (AvgIpc) is 3.00. The maximum Gasteiger partial charge on any atom is 0.262 e. The van der Waals surface area contributed by atoms with E-state index in [4.69, 9.17) is 4.74 Å². The molecule has 2 aromatic rings. The van der Waals surface area contributed by atoms with Crippen molar-refractivity contribution < 1.29 is 18.3 Å². The number of ether oxygens (including phenoxy) is 1. The third-order valence-corrected chi connectivity index (χ3v) is 4.27. The van der Waals surface area contributed by atoms with Crippen molar-refractivity contribution in [3.05, 3.63) is 65.7 Å². The number of carbonyl (C=O) groups excluding carboxylic acids is 1. The molecule has 1 aliphatic rings. The Labute approximate surface area is 163 Å². The van der Waals surface area contributed by atoms with E-state index in [1.165, 1.54) is 5.56 Å². The fourth-order valence-corrected chi connectivity index (χ4v) is 2.89. The van der Waals surface area contributed by atoms with Gasteiger partial charge in [0.05, 0.1) is 25.8 Å². The molecule has 7 heteroatoms. The topological polar surface area (TPSA) is 50.4 Å². The standard InChI is InChI=1S/C20H22F2N2O2.ClH/c21-20(22)12-18(23-14-20)19(25)24-17-8-4-7-16(11-17)13-26-10-9-15-5-2-1-3-6-15;/h1-8,11,18,23H,9-10,12-14H2,(H,24,25);1H. The highest BCUT2D eigenvalue weighted by Gasteiger charge is 2.42. The van der Waals surface area contributed by atoms with Gasteiger partial charge in [-0.2, -0.15) is 0 Å². The molecule has 0 spiro atoms. The van der Waals surface area contributed by atoms with Gasteiger partial charge in [-0.3, -0.25) is 10.1 Å². The van der Waals surface area contributed by atoms with Crippen LogP contribution in [0.3, 0.4) is 0 Å². The lowest BCUT2D eigenvalue weighted by Gasteiger charge is -2.12. The van der Waals surface area contributed by atoms with Crippen molar-refractivity contribution in [2.24, 2.45) is 0 Å². The van der Waals surface area contributed by atoms with Crippen LogP contribution < -0.4 is 10.6 Å². The number of anilines is 1. The largest absolute Gasteiger partial charge is 0.376 e. The van der Waals surface area contributed by atoms with Gasteiger partial charge in [0.1, 0.15) is 0 Å². The molecule has 3 rings (SSSR count). The average molecular weight is 397 g/mol. The molecule has 1 atom stereocenters. The summed E-state index contributed by atoms with van der Waals surface area (Å²) in [5, 5.41) is 5.24. The predicted molar refractivity (Wildman–Crippen MR) is 103 cm³/mol. The fourth-order valence-electron chi connectivity index (χ4n) is 2.89. The van der Waals surface area contributed by atoms with Gasteiger partial charge >= 0.3 is 0 Å². The van der Waals surface area contributed by atoms with Crippen LogP contribution in [0.25, 0.3) is 0 Å². The number of amides is 1. The first kappa shape index (κ1) is 21.3. The van der Waals surface area contributed by atoms with Crippen LogP contribution in [0.15, 0.2) is 54.6 Å². The summed E-state index contributed by atoms with van der Waals surface area (Å²) in [4.78, 5) is 12.1. The molecule has 0 aromatic heterocycles. The van der Waals surface area contributed by atoms with Gasteiger partial charge in [0, 0.05) is 12.1 Å². The number of hydrogen-bond donors (Lipinski definition) is 2. The smallest absolute Gasteiger partial charge is 0.262 e. The Morgan fingerprint density at radius 2 is 1.89 bits per heavy atom. The monoisotopic (exact) mass is 396 g/mol. The first-order valence-electron chi connectivity index (χ1n) is 8.64. The van der Waals surface area contributed by atoms with Crippen LogP contribution in [0.2, 0.25) is 0 Å². The zero-order chi connectivity index (χ0) is 18.4. The third-order valence-electron chi connectivity index (χ3n) is 4.27. The number of carbonyl (C=O) groups is 1. The van der Waals surface area contributed by atoms with Crippen molar-refractivity contribution >= 4 is 24.0 Å². The number of hydrogen-bond acceptors (Lipinski definition) is 3. The molecule has 2 aromatic carbocycles. The second kappa shape index (κ2) is 9.78. The van der Waals surface area contributed by atoms with Crippen molar-refractivity contribution in [1.29, 1.82) is 0 Å². The van der Waals surface area contributed by atoms with Gasteiger partial charge in [0.15, 0.2) is 0 Å². The molecular weight excluding hydrogens is 374 g/mol. The number of nitrogens with one attached hydrogen (secondary N) is 2. The van der Waals surface area contributed by atoms with Crippen molar-refractivity contribution in [2.75, 3.05) is 18.5 Å². The predicted octanol–water partition coefficient (Wildman–Crippen LogP) is 3.80. The van der Waals surface area contributed by atoms with Crippen LogP contribution in [-0.2, 0) is 22.6 Å². The first-order chi connectivity index (χ1) is 12.5. The van der Waals surface area contributed by atoms with Gasteiger partial charge in [0.2, 0.25) is 5.91 Å². The molecule has 1 aliphatic heterocycles. The molecule has 1 saturated heterocycles. The Bertz CT molecular complexity index is 744. The van der Waals surface area contributed by atoms with Crippen LogP contribution in [-0.4, -0.2) is 31.0 Å². The summed E-state index contributed by atoms with van der Waals surface area (Å²) in [6.45, 7) is 0.568. The van der Waals surface area contributed by atoms with E-state index in [1.807, 2.05) is 30.3 Å². The van der Waals surface area contributed by atoms with E-state index in [1.54, 1.807) is 12.1 Å². The van der Waals surface area contributed by atoms with Crippen LogP contribution >= 0.6 is 12.4 Å². The van der Waals surface area contributed by atoms with Gasteiger partial charge in [0.25, 0.3) is 5.92 Å². The summed E-state index contributed by atoms with van der Waals surface area (Å²) >= 11 is 0. The molecule has 1 fully saturated rings. The summed E-state index contributed by atoms with van der Waals surface area (Å²) in [5.74, 6) is -3.26. The van der Waals surface area contributed by atoms with Gasteiger partial charge in [-0.25, -0.2) is 8.78 Å². The highest BCUT2D eigenvalue weighted by molar-refractivity contribution is 5.95. The molecular formula is C20H23ClF2N2O2. The summed E-state index contributed by atoms with van der Waals surface area (Å²) in [7, 11) is 0. The minimum atomic E-state index is -2.82. The lowest BCUT2D eigenvalue weighted by atomic mass is 10.1. The third kappa shape index (κ3) is 6.57. The van der Waals surface area contributed by atoms with Gasteiger partial charge in [-0.1, -0.05) is 42.5 Å². The maximum absolute atomic E-state index is 13.2. The lowest BCUT2D eigenvalue weighted by Crippen LogP contribution is -2.35. The van der Waals surface area contributed by atoms with E-state index < -0.39 is 30.8 Å². The Morgan fingerprint density at radius 3 is 2.59 bits per heavy atom. The minimum absolute atomic E-state index is 0. The molecule has 1 amide bonds. The molecule has 0 radical (unpaired) electrons. The molecule has 0 saturated carbocycles. The maximum atomic E-state index is 13.2. The fraction of sp³-hybridized carbons (Fsp3) is 0.350. The van der Waals surface area contributed by atoms with Crippen molar-refractivity contribution in [3.63, 3.8) is 0 Å². The number of benzene rings is 2. The van der Waals surface area contributed by atoms with Crippen LogP contribution in [0.1, 0.15) is 17.5 Å². The van der Waals surface area contributed by atoms with Crippen molar-refractivity contribution in [3.8, 4) is 0 Å². The van der Waals surface area contributed by atoms with E-state index in [-0.39, 0.29) is 12.4 Å². The van der Waals surface area contributed by atoms with E-state index in [9.17, 15) is 13.6 Å². The molecule has 1 heterocycles. The molecule has 2 N–H and O–H groups in total. The summed E-state index contributed by atoms with van der Waals surface area (Å²) < 4.78 is 32.1. The van der Waals surface area contributed by atoms with Crippen molar-refractivity contribution in [1.82, 2.24) is 5.32 Å². The van der Waals surface area contributed by atoms with Crippen LogP contribution in [0, 0.1) is 0 Å². The number of alkyl halides is 2. The normalized spacial score (nSPS) is 17.9. The molecule has 146 valence electrons. The quantitative estimate of drug-likeness (QED) is 0.700. The molecule has 0 aliphatic carbocycles. The lowest BCUT2D eigenvalue weighted by molar-refractivity contribution is -0.118. The second-order valence-corrected chi connectivity index (χ2v) is 6.47. The molecule has 27 heavy (non-hydrogen) atoms. The van der Waals surface area contributed by atoms with Crippen LogP contribution in [0.4, 0.5) is 14.5 Å². The zero-order valence-electron chi connectivity index (χ0n) is 14.8. The molecule has 1 unspecified atom stereocenters. The molecule has 0 bridgehead atoms. The summed E-state index contributed by atoms with van der Waals surface area (Å²) in [6.07, 6.45) is 0.361. The van der Waals surface area contributed by atoms with Crippen LogP contribution in [0.5, 0.6) is 0 Å². The van der Waals surface area contributed by atoms with E-state index in [0.717, 1.165) is 12.0 Å². The Morgan fingerprint density at radius 1 is 1.15 bits per heavy atom. The Balaban J connectivity index is 0.00000261. The number of rotatable bonds is 7. The Hall–Kier alpha value is -2.02. The highest BCUT2D eigenvalue weighted by atomic mass is 35.5. The van der Waals surface area contributed by atoms with Gasteiger partial charge in [-0.15, -0.1) is 12.4 Å². The SMILES string of the molecule is Cl.O=C(Nc1cccc(COCCc2ccccc2)c1)C1CC(F)(F)CN1. The number of halogens is 3. The molecule has 4 nitrogen and oxygen atoms in total. The van der Waals surface area contributed by atoms with E-state index in [2.05, 4.69) is 22.8 Å². The van der Waals surface area contributed by atoms with E-state index >= 15 is 0 Å². The van der Waals surface area contributed by atoms with Crippen molar-refractivity contribution in [2.45, 2.75) is 31.4 Å². The van der Waals surface area contributed by atoms with Gasteiger partial charge in [-0.05, 0) is 29.7 Å². The van der Waals surface area contributed by atoms with Gasteiger partial charge < -0.3 is 10.1 Å². The summed E-state index contributed by atoms with van der Waals surface area (Å²) in [6, 6.07) is 16.5. The zero-order valence-corrected chi connectivity index (χ0v) is 15.6. The highest BCUT2D eigenvalue weighted by Crippen LogP contribution is 2.25.